The molecule has 10 heteroatoms. The Balaban J connectivity index is 1.64. The Kier molecular flexibility index (Phi) is 3.81. The average molecular weight is 375 g/mol. The lowest BCUT2D eigenvalue weighted by molar-refractivity contribution is 0.421. The lowest BCUT2D eigenvalue weighted by Gasteiger charge is -2.24. The standard InChI is InChI=1S/C16H17N5O4S/c1-9-7-21-8-10(2-5-14(21)17-9)20-26(24,25)11-3-4-13-12(6-11)15(22)19-16(23)18-13/h3-4,6-7,10,20H,2,5,8H2,1H3,(H2,18,19,22,23). The summed E-state index contributed by atoms with van der Waals surface area (Å²) in [7, 11) is -3.80. The van der Waals surface area contributed by atoms with Gasteiger partial charge in [-0.1, -0.05) is 0 Å². The second kappa shape index (κ2) is 5.92. The van der Waals surface area contributed by atoms with Gasteiger partial charge in [-0.25, -0.2) is 22.9 Å². The van der Waals surface area contributed by atoms with E-state index in [9.17, 15) is 18.0 Å². The minimum Gasteiger partial charge on any atom is -0.333 e. The van der Waals surface area contributed by atoms with Crippen molar-refractivity contribution < 1.29 is 8.42 Å². The average Bonchev–Trinajstić information content (AvgIpc) is 2.93. The number of aromatic amines is 2. The lowest BCUT2D eigenvalue weighted by atomic mass is 10.1. The van der Waals surface area contributed by atoms with Crippen LogP contribution < -0.4 is 16.0 Å². The predicted octanol–water partition coefficient (Wildman–Crippen LogP) is 0.0146. The van der Waals surface area contributed by atoms with Crippen molar-refractivity contribution >= 4 is 20.9 Å². The molecule has 1 atom stereocenters. The number of imidazole rings is 1. The zero-order valence-electron chi connectivity index (χ0n) is 13.9. The SMILES string of the molecule is Cc1cn2c(n1)CCC(NS(=O)(=O)c1ccc3[nH]c(=O)[nH]c(=O)c3c1)C2. The summed E-state index contributed by atoms with van der Waals surface area (Å²) in [6.07, 6.45) is 3.25. The van der Waals surface area contributed by atoms with Gasteiger partial charge in [0.1, 0.15) is 5.82 Å². The molecule has 3 heterocycles. The van der Waals surface area contributed by atoms with E-state index in [-0.39, 0.29) is 21.8 Å². The summed E-state index contributed by atoms with van der Waals surface area (Å²) in [5, 5.41) is 0.114. The fourth-order valence-electron chi connectivity index (χ4n) is 3.28. The van der Waals surface area contributed by atoms with Crippen LogP contribution in [0.25, 0.3) is 10.9 Å². The molecule has 3 N–H and O–H groups in total. The number of aryl methyl sites for hydroxylation is 2. The second-order valence-electron chi connectivity index (χ2n) is 6.42. The molecule has 0 fully saturated rings. The van der Waals surface area contributed by atoms with Crippen LogP contribution in [-0.2, 0) is 23.0 Å². The predicted molar refractivity (Wildman–Crippen MR) is 94.6 cm³/mol. The molecule has 0 amide bonds. The van der Waals surface area contributed by atoms with Crippen molar-refractivity contribution in [2.24, 2.45) is 0 Å². The molecule has 1 unspecified atom stereocenters. The molecule has 0 radical (unpaired) electrons. The number of hydrogen-bond acceptors (Lipinski definition) is 5. The van der Waals surface area contributed by atoms with Crippen LogP contribution in [0.3, 0.4) is 0 Å². The molecule has 3 aromatic rings. The van der Waals surface area contributed by atoms with Crippen molar-refractivity contribution in [2.75, 3.05) is 0 Å². The maximum atomic E-state index is 12.7. The van der Waals surface area contributed by atoms with Gasteiger partial charge in [-0.05, 0) is 31.5 Å². The number of benzene rings is 1. The van der Waals surface area contributed by atoms with Gasteiger partial charge in [0.15, 0.2) is 0 Å². The molecule has 0 spiro atoms. The third-order valence-electron chi connectivity index (χ3n) is 4.46. The Morgan fingerprint density at radius 3 is 2.88 bits per heavy atom. The summed E-state index contributed by atoms with van der Waals surface area (Å²) in [6.45, 7) is 2.42. The minimum atomic E-state index is -3.80. The normalized spacial score (nSPS) is 17.3. The zero-order valence-corrected chi connectivity index (χ0v) is 14.8. The molecule has 0 saturated heterocycles. The van der Waals surface area contributed by atoms with Crippen molar-refractivity contribution in [3.8, 4) is 0 Å². The number of nitrogens with zero attached hydrogens (tertiary/aromatic N) is 2. The largest absolute Gasteiger partial charge is 0.333 e. The highest BCUT2D eigenvalue weighted by molar-refractivity contribution is 7.89. The topological polar surface area (TPSA) is 130 Å². The summed E-state index contributed by atoms with van der Waals surface area (Å²) in [5.41, 5.74) is -0.0676. The summed E-state index contributed by atoms with van der Waals surface area (Å²) in [4.78, 5) is 32.2. The van der Waals surface area contributed by atoms with Crippen LogP contribution in [0.4, 0.5) is 0 Å². The first-order chi connectivity index (χ1) is 12.3. The highest BCUT2D eigenvalue weighted by Crippen LogP contribution is 2.19. The third-order valence-corrected chi connectivity index (χ3v) is 5.97. The quantitative estimate of drug-likeness (QED) is 0.594. The van der Waals surface area contributed by atoms with E-state index in [0.717, 1.165) is 11.5 Å². The van der Waals surface area contributed by atoms with Gasteiger partial charge in [0.05, 0.1) is 21.5 Å². The Bertz CT molecular complexity index is 1220. The molecule has 9 nitrogen and oxygen atoms in total. The molecule has 0 bridgehead atoms. The van der Waals surface area contributed by atoms with E-state index in [1.165, 1.54) is 18.2 Å². The number of hydrogen-bond donors (Lipinski definition) is 3. The van der Waals surface area contributed by atoms with Crippen molar-refractivity contribution in [1.29, 1.82) is 0 Å². The van der Waals surface area contributed by atoms with Gasteiger partial charge >= 0.3 is 5.69 Å². The third kappa shape index (κ3) is 2.97. The summed E-state index contributed by atoms with van der Waals surface area (Å²) in [6, 6.07) is 3.79. The molecule has 4 rings (SSSR count). The van der Waals surface area contributed by atoms with Crippen LogP contribution in [0.15, 0.2) is 38.9 Å². The van der Waals surface area contributed by atoms with Crippen molar-refractivity contribution in [2.45, 2.75) is 37.2 Å². The van der Waals surface area contributed by atoms with E-state index >= 15 is 0 Å². The highest BCUT2D eigenvalue weighted by Gasteiger charge is 2.25. The van der Waals surface area contributed by atoms with Gasteiger partial charge in [0.25, 0.3) is 5.56 Å². The van der Waals surface area contributed by atoms with Gasteiger partial charge in [-0.2, -0.15) is 0 Å². The van der Waals surface area contributed by atoms with Crippen LogP contribution in [0.1, 0.15) is 17.9 Å². The first-order valence-corrected chi connectivity index (χ1v) is 9.61. The van der Waals surface area contributed by atoms with Crippen LogP contribution in [0.2, 0.25) is 0 Å². The summed E-state index contributed by atoms with van der Waals surface area (Å²) >= 11 is 0. The van der Waals surface area contributed by atoms with E-state index in [2.05, 4.69) is 19.7 Å². The van der Waals surface area contributed by atoms with Gasteiger partial charge in [-0.3, -0.25) is 9.78 Å². The monoisotopic (exact) mass is 375 g/mol. The molecule has 1 aliphatic heterocycles. The van der Waals surface area contributed by atoms with Crippen molar-refractivity contribution in [3.05, 3.63) is 56.8 Å². The maximum Gasteiger partial charge on any atom is 0.326 e. The Morgan fingerprint density at radius 2 is 2.08 bits per heavy atom. The van der Waals surface area contributed by atoms with Crippen LogP contribution >= 0.6 is 0 Å². The summed E-state index contributed by atoms with van der Waals surface area (Å²) in [5.74, 6) is 0.958. The summed E-state index contributed by atoms with van der Waals surface area (Å²) < 4.78 is 30.1. The molecular weight excluding hydrogens is 358 g/mol. The Labute approximate surface area is 148 Å². The molecule has 0 saturated carbocycles. The van der Waals surface area contributed by atoms with Gasteiger partial charge < -0.3 is 9.55 Å². The molecule has 0 aliphatic carbocycles. The molecular formula is C16H17N5O4S. The van der Waals surface area contributed by atoms with E-state index in [1.54, 1.807) is 0 Å². The maximum absolute atomic E-state index is 12.7. The van der Waals surface area contributed by atoms with E-state index < -0.39 is 21.3 Å². The molecule has 1 aromatic carbocycles. The molecule has 2 aromatic heterocycles. The van der Waals surface area contributed by atoms with Crippen molar-refractivity contribution in [3.63, 3.8) is 0 Å². The van der Waals surface area contributed by atoms with E-state index in [0.29, 0.717) is 19.4 Å². The first-order valence-electron chi connectivity index (χ1n) is 8.13. The lowest BCUT2D eigenvalue weighted by Crippen LogP contribution is -2.40. The first kappa shape index (κ1) is 16.7. The fraction of sp³-hybridized carbons (Fsp3) is 0.312. The smallest absolute Gasteiger partial charge is 0.326 e. The molecule has 136 valence electrons. The van der Waals surface area contributed by atoms with E-state index in [4.69, 9.17) is 0 Å². The van der Waals surface area contributed by atoms with Crippen LogP contribution in [-0.4, -0.2) is 34.0 Å². The highest BCUT2D eigenvalue weighted by atomic mass is 32.2. The number of rotatable bonds is 3. The van der Waals surface area contributed by atoms with Gasteiger partial charge in [0.2, 0.25) is 10.0 Å². The van der Waals surface area contributed by atoms with Crippen molar-refractivity contribution in [1.82, 2.24) is 24.2 Å². The fourth-order valence-corrected chi connectivity index (χ4v) is 4.57. The Morgan fingerprint density at radius 1 is 1.27 bits per heavy atom. The van der Waals surface area contributed by atoms with Gasteiger partial charge in [-0.15, -0.1) is 0 Å². The zero-order chi connectivity index (χ0) is 18.5. The van der Waals surface area contributed by atoms with E-state index in [1.807, 2.05) is 17.7 Å². The number of aromatic nitrogens is 4. The van der Waals surface area contributed by atoms with Crippen LogP contribution in [0, 0.1) is 6.92 Å². The Hall–Kier alpha value is -2.72. The number of H-pyrrole nitrogens is 2. The molecule has 1 aliphatic rings. The molecule has 26 heavy (non-hydrogen) atoms. The number of nitrogens with one attached hydrogen (secondary N) is 3. The number of fused-ring (bicyclic) bond motifs is 2. The van der Waals surface area contributed by atoms with Crippen LogP contribution in [0.5, 0.6) is 0 Å². The van der Waals surface area contributed by atoms with Gasteiger partial charge in [0, 0.05) is 25.2 Å². The second-order valence-corrected chi connectivity index (χ2v) is 8.14. The number of sulfonamides is 1. The minimum absolute atomic E-state index is 0.0184.